The van der Waals surface area contributed by atoms with Gasteiger partial charge >= 0.3 is 5.97 Å². The van der Waals surface area contributed by atoms with Gasteiger partial charge in [-0.05, 0) is 74.5 Å². The summed E-state index contributed by atoms with van der Waals surface area (Å²) in [6.45, 7) is 7.79. The second kappa shape index (κ2) is 7.40. The molecule has 4 rings (SSSR count). The third kappa shape index (κ3) is 2.78. The molecule has 7 atom stereocenters. The first-order valence-electron chi connectivity index (χ1n) is 11.1. The number of esters is 1. The standard InChI is InChI=1S/C24H33FO3S2/c1-6-30-23(29-5)12-10-18-19-8-7-16-13-17(27)9-11-21(16,3)24(19,25)20(28-15(2)26)14-22(18,23)4/h9,11,13,18-20H,6-8,10,12,14H2,1-5H3/t18-,19-,20-,21-,22-,23-,24-/m0/s1. The molecule has 6 heteroatoms. The molecule has 4 aliphatic carbocycles. The zero-order valence-electron chi connectivity index (χ0n) is 18.6. The average molecular weight is 453 g/mol. The number of ether oxygens (including phenoxy) is 1. The topological polar surface area (TPSA) is 43.4 Å². The summed E-state index contributed by atoms with van der Waals surface area (Å²) >= 11 is 3.88. The molecule has 4 aliphatic rings. The van der Waals surface area contributed by atoms with Gasteiger partial charge in [-0.25, -0.2) is 4.39 Å². The maximum atomic E-state index is 17.5. The van der Waals surface area contributed by atoms with Crippen molar-refractivity contribution < 1.29 is 18.7 Å². The summed E-state index contributed by atoms with van der Waals surface area (Å²) in [5.41, 5.74) is -1.87. The molecule has 0 aromatic carbocycles. The summed E-state index contributed by atoms with van der Waals surface area (Å²) in [6.07, 6.45) is 10.3. The van der Waals surface area contributed by atoms with Gasteiger partial charge in [-0.15, -0.1) is 23.5 Å². The van der Waals surface area contributed by atoms with Crippen molar-refractivity contribution in [2.75, 3.05) is 12.0 Å². The highest BCUT2D eigenvalue weighted by Crippen LogP contribution is 2.74. The summed E-state index contributed by atoms with van der Waals surface area (Å²) in [6, 6.07) is 0. The lowest BCUT2D eigenvalue weighted by molar-refractivity contribution is -0.209. The second-order valence-electron chi connectivity index (χ2n) is 9.78. The zero-order valence-corrected chi connectivity index (χ0v) is 20.3. The number of halogens is 1. The molecule has 0 aliphatic heterocycles. The largest absolute Gasteiger partial charge is 0.459 e. The summed E-state index contributed by atoms with van der Waals surface area (Å²) < 4.78 is 23.4. The lowest BCUT2D eigenvalue weighted by Gasteiger charge is -2.63. The zero-order chi connectivity index (χ0) is 21.9. The van der Waals surface area contributed by atoms with E-state index in [9.17, 15) is 9.59 Å². The molecule has 0 amide bonds. The Morgan fingerprint density at radius 3 is 2.67 bits per heavy atom. The molecule has 0 aromatic rings. The van der Waals surface area contributed by atoms with Crippen LogP contribution in [0.15, 0.2) is 23.8 Å². The Balaban J connectivity index is 1.85. The van der Waals surface area contributed by atoms with Gasteiger partial charge in [0, 0.05) is 18.3 Å². The van der Waals surface area contributed by atoms with E-state index in [1.807, 2.05) is 30.4 Å². The van der Waals surface area contributed by atoms with Gasteiger partial charge in [0.25, 0.3) is 0 Å². The van der Waals surface area contributed by atoms with Crippen molar-refractivity contribution in [3.8, 4) is 0 Å². The van der Waals surface area contributed by atoms with Crippen LogP contribution >= 0.6 is 23.5 Å². The molecule has 0 radical (unpaired) electrons. The number of rotatable bonds is 4. The highest BCUT2D eigenvalue weighted by Gasteiger charge is 2.74. The molecule has 3 fully saturated rings. The lowest BCUT2D eigenvalue weighted by atomic mass is 9.46. The van der Waals surface area contributed by atoms with Gasteiger partial charge in [-0.2, -0.15) is 0 Å². The fourth-order valence-corrected chi connectivity index (χ4v) is 10.5. The van der Waals surface area contributed by atoms with Gasteiger partial charge in [0.2, 0.25) is 0 Å². The van der Waals surface area contributed by atoms with Crippen molar-refractivity contribution in [2.45, 2.75) is 75.7 Å². The van der Waals surface area contributed by atoms with Crippen molar-refractivity contribution in [2.24, 2.45) is 22.7 Å². The maximum Gasteiger partial charge on any atom is 0.303 e. The second-order valence-corrected chi connectivity index (χ2v) is 12.7. The third-order valence-electron chi connectivity index (χ3n) is 8.68. The van der Waals surface area contributed by atoms with Crippen molar-refractivity contribution in [1.29, 1.82) is 0 Å². The van der Waals surface area contributed by atoms with E-state index < -0.39 is 23.2 Å². The molecule has 166 valence electrons. The highest BCUT2D eigenvalue weighted by molar-refractivity contribution is 8.18. The normalized spacial score (nSPS) is 47.2. The molecule has 0 N–H and O–H groups in total. The van der Waals surface area contributed by atoms with Crippen molar-refractivity contribution in [3.63, 3.8) is 0 Å². The minimum atomic E-state index is -1.70. The van der Waals surface area contributed by atoms with E-state index in [1.54, 1.807) is 12.2 Å². The minimum Gasteiger partial charge on any atom is -0.459 e. The van der Waals surface area contributed by atoms with E-state index in [1.165, 1.54) is 13.0 Å². The Bertz CT molecular complexity index is 825. The number of hydrogen-bond donors (Lipinski definition) is 0. The van der Waals surface area contributed by atoms with Crippen LogP contribution in [0.5, 0.6) is 0 Å². The number of carbonyl (C=O) groups excluding carboxylic acids is 2. The van der Waals surface area contributed by atoms with Crippen LogP contribution in [0.4, 0.5) is 4.39 Å². The first kappa shape index (κ1) is 22.4. The van der Waals surface area contributed by atoms with Crippen LogP contribution in [-0.2, 0) is 14.3 Å². The number of hydrogen-bond acceptors (Lipinski definition) is 5. The van der Waals surface area contributed by atoms with Crippen LogP contribution in [0, 0.1) is 22.7 Å². The van der Waals surface area contributed by atoms with Gasteiger partial charge in [0.15, 0.2) is 11.5 Å². The molecule has 0 heterocycles. The Morgan fingerprint density at radius 1 is 1.30 bits per heavy atom. The van der Waals surface area contributed by atoms with Gasteiger partial charge in [-0.3, -0.25) is 9.59 Å². The number of fused-ring (bicyclic) bond motifs is 5. The Labute approximate surface area is 188 Å². The van der Waals surface area contributed by atoms with E-state index in [-0.39, 0.29) is 27.1 Å². The first-order chi connectivity index (χ1) is 14.1. The number of alkyl halides is 1. The fourth-order valence-electron chi connectivity index (χ4n) is 7.31. The van der Waals surface area contributed by atoms with Crippen LogP contribution < -0.4 is 0 Å². The smallest absolute Gasteiger partial charge is 0.303 e. The molecular weight excluding hydrogens is 419 g/mol. The lowest BCUT2D eigenvalue weighted by Crippen LogP contribution is -2.68. The summed E-state index contributed by atoms with van der Waals surface area (Å²) in [5, 5.41) is 0. The maximum absolute atomic E-state index is 17.5. The Morgan fingerprint density at radius 2 is 2.03 bits per heavy atom. The molecule has 0 unspecified atom stereocenters. The Hall–Kier alpha value is -0.750. The number of thioether (sulfide) groups is 2. The van der Waals surface area contributed by atoms with E-state index in [0.717, 1.165) is 30.6 Å². The number of ketones is 1. The van der Waals surface area contributed by atoms with E-state index in [0.29, 0.717) is 12.8 Å². The van der Waals surface area contributed by atoms with Crippen LogP contribution in [0.1, 0.15) is 59.8 Å². The van der Waals surface area contributed by atoms with Crippen LogP contribution in [0.3, 0.4) is 0 Å². The minimum absolute atomic E-state index is 0.0154. The van der Waals surface area contributed by atoms with Crippen molar-refractivity contribution in [1.82, 2.24) is 0 Å². The molecule has 0 bridgehead atoms. The molecule has 3 nitrogen and oxygen atoms in total. The van der Waals surface area contributed by atoms with Crippen molar-refractivity contribution >= 4 is 35.3 Å². The number of carbonyl (C=O) groups is 2. The SMILES string of the molecule is CCS[C@@]1(SC)CC[C@H]2[C@@H]3CCC4=CC(=O)C=C[C@]4(C)[C@@]3(F)[C@@H](OC(C)=O)C[C@@]21C. The van der Waals surface area contributed by atoms with Crippen molar-refractivity contribution in [3.05, 3.63) is 23.8 Å². The van der Waals surface area contributed by atoms with Gasteiger partial charge in [0.1, 0.15) is 6.10 Å². The molecule has 30 heavy (non-hydrogen) atoms. The molecule has 0 spiro atoms. The summed E-state index contributed by atoms with van der Waals surface area (Å²) in [7, 11) is 0. The molecule has 0 saturated heterocycles. The molecular formula is C24H33FO3S2. The molecule has 0 aromatic heterocycles. The third-order valence-corrected chi connectivity index (χ3v) is 12.3. The number of allylic oxidation sites excluding steroid dienone is 4. The van der Waals surface area contributed by atoms with Crippen LogP contribution in [0.2, 0.25) is 0 Å². The van der Waals surface area contributed by atoms with E-state index in [2.05, 4.69) is 20.1 Å². The Kier molecular flexibility index (Phi) is 5.53. The predicted molar refractivity (Wildman–Crippen MR) is 122 cm³/mol. The first-order valence-corrected chi connectivity index (χ1v) is 13.3. The van der Waals surface area contributed by atoms with Gasteiger partial charge < -0.3 is 4.74 Å². The monoisotopic (exact) mass is 452 g/mol. The van der Waals surface area contributed by atoms with Crippen LogP contribution in [-0.4, -0.2) is 39.6 Å². The summed E-state index contributed by atoms with van der Waals surface area (Å²) in [4.78, 5) is 24.1. The highest BCUT2D eigenvalue weighted by atomic mass is 32.2. The summed E-state index contributed by atoms with van der Waals surface area (Å²) in [5.74, 6) is 0.569. The quantitative estimate of drug-likeness (QED) is 0.402. The molecule has 3 saturated carbocycles. The van der Waals surface area contributed by atoms with E-state index >= 15 is 4.39 Å². The van der Waals surface area contributed by atoms with Gasteiger partial charge in [-0.1, -0.05) is 25.5 Å². The average Bonchev–Trinajstić information content (AvgIpc) is 2.96. The predicted octanol–water partition coefficient (Wildman–Crippen LogP) is 5.74. The fraction of sp³-hybridized carbons (Fsp3) is 0.750. The van der Waals surface area contributed by atoms with Gasteiger partial charge in [0.05, 0.1) is 4.08 Å². The van der Waals surface area contributed by atoms with Crippen LogP contribution in [0.25, 0.3) is 0 Å². The van der Waals surface area contributed by atoms with E-state index in [4.69, 9.17) is 4.74 Å².